The quantitative estimate of drug-likeness (QED) is 0.158. The molecule has 4 aromatic rings. The Morgan fingerprint density at radius 2 is 1.61 bits per heavy atom. The highest BCUT2D eigenvalue weighted by Gasteiger charge is 2.25. The molecule has 0 saturated carbocycles. The van der Waals surface area contributed by atoms with Gasteiger partial charge < -0.3 is 25.2 Å². The van der Waals surface area contributed by atoms with Crippen molar-refractivity contribution in [3.8, 4) is 28.4 Å². The molecule has 0 amide bonds. The number of phenolic OH excluding ortho intramolecular Hbond substituents is 2. The summed E-state index contributed by atoms with van der Waals surface area (Å²) in [5.41, 5.74) is 7.97. The topological polar surface area (TPSA) is 93.4 Å². The lowest BCUT2D eigenvalue weighted by atomic mass is 9.86. The lowest BCUT2D eigenvalue weighted by molar-refractivity contribution is -0.0420. The Hall–Kier alpha value is -4.17. The van der Waals surface area contributed by atoms with Crippen LogP contribution in [0.15, 0.2) is 84.9 Å². The molecule has 0 aromatic heterocycles. The number of aliphatic hydroxyl groups excluding tert-OH is 1. The highest BCUT2D eigenvalue weighted by molar-refractivity contribution is 6.01. The number of nitrogens with zero attached hydrogens (tertiary/aromatic N) is 1. The third kappa shape index (κ3) is 6.36. The minimum Gasteiger partial charge on any atom is -0.508 e. The van der Waals surface area contributed by atoms with Gasteiger partial charge in [0.2, 0.25) is 0 Å². The standard InChI is InChI=1S/C37H38FNO5/c38-18-4-19-39-20-17-29(23-39)44-28-13-9-24(10-14-28)36-31-15-11-26(30-6-1-2-7-34(30)37(42)43)21-25(31)5-3-8-33(36)32-16-12-27(40)22-35(32)41/h1-2,6-7,9-16,21-22,29,37,40-43H,3-5,8,17-20,23H2. The second-order valence-electron chi connectivity index (χ2n) is 11.6. The molecular weight excluding hydrogens is 557 g/mol. The smallest absolute Gasteiger partial charge is 0.179 e. The average Bonchev–Trinajstić information content (AvgIpc) is 3.39. The van der Waals surface area contributed by atoms with Crippen LogP contribution in [0.25, 0.3) is 22.3 Å². The number of ether oxygens (including phenoxy) is 1. The van der Waals surface area contributed by atoms with Gasteiger partial charge in [-0.05, 0) is 95.3 Å². The van der Waals surface area contributed by atoms with Gasteiger partial charge in [-0.3, -0.25) is 9.29 Å². The fourth-order valence-electron chi connectivity index (χ4n) is 6.59. The van der Waals surface area contributed by atoms with Gasteiger partial charge in [-0.15, -0.1) is 0 Å². The van der Waals surface area contributed by atoms with Gasteiger partial charge in [-0.2, -0.15) is 0 Å². The highest BCUT2D eigenvalue weighted by atomic mass is 19.1. The number of phenols is 2. The van der Waals surface area contributed by atoms with Crippen LogP contribution in [0.3, 0.4) is 0 Å². The van der Waals surface area contributed by atoms with Gasteiger partial charge in [-0.1, -0.05) is 54.6 Å². The van der Waals surface area contributed by atoms with E-state index >= 15 is 0 Å². The third-order valence-corrected chi connectivity index (χ3v) is 8.69. The monoisotopic (exact) mass is 595 g/mol. The number of benzene rings is 4. The number of fused-ring (bicyclic) bond motifs is 1. The molecule has 7 heteroatoms. The molecule has 1 fully saturated rings. The summed E-state index contributed by atoms with van der Waals surface area (Å²) in [4.78, 5) is 2.25. The van der Waals surface area contributed by atoms with Crippen molar-refractivity contribution in [3.63, 3.8) is 0 Å². The van der Waals surface area contributed by atoms with E-state index in [0.717, 1.165) is 90.0 Å². The van der Waals surface area contributed by atoms with E-state index in [0.29, 0.717) is 17.5 Å². The van der Waals surface area contributed by atoms with Gasteiger partial charge in [0, 0.05) is 36.8 Å². The SMILES string of the molecule is Oc1ccc(C2=C(c3ccc(OC4CCN(CCCF)C4)cc3)c3ccc(-c4ccccc4C(O)O)cc3CCC2)c(O)c1. The maximum Gasteiger partial charge on any atom is 0.179 e. The molecule has 44 heavy (non-hydrogen) atoms. The van der Waals surface area contributed by atoms with Crippen LogP contribution in [0.5, 0.6) is 17.2 Å². The zero-order valence-electron chi connectivity index (χ0n) is 24.6. The number of aryl methyl sites for hydroxylation is 1. The van der Waals surface area contributed by atoms with Gasteiger partial charge >= 0.3 is 0 Å². The van der Waals surface area contributed by atoms with Crippen LogP contribution >= 0.6 is 0 Å². The van der Waals surface area contributed by atoms with Crippen LogP contribution in [0.4, 0.5) is 4.39 Å². The molecule has 0 bridgehead atoms. The number of rotatable bonds is 9. The zero-order valence-corrected chi connectivity index (χ0v) is 24.6. The Kier molecular flexibility index (Phi) is 8.98. The van der Waals surface area contributed by atoms with Crippen molar-refractivity contribution in [1.82, 2.24) is 4.90 Å². The van der Waals surface area contributed by atoms with Crippen molar-refractivity contribution in [2.24, 2.45) is 0 Å². The van der Waals surface area contributed by atoms with Gasteiger partial charge in [0.15, 0.2) is 6.29 Å². The van der Waals surface area contributed by atoms with Gasteiger partial charge in [0.1, 0.15) is 23.4 Å². The molecule has 1 heterocycles. The fourth-order valence-corrected chi connectivity index (χ4v) is 6.59. The normalized spacial score (nSPS) is 17.1. The molecule has 4 N–H and O–H groups in total. The Morgan fingerprint density at radius 1 is 0.841 bits per heavy atom. The summed E-state index contributed by atoms with van der Waals surface area (Å²) in [7, 11) is 0. The molecule has 6 nitrogen and oxygen atoms in total. The molecule has 1 atom stereocenters. The molecule has 228 valence electrons. The van der Waals surface area contributed by atoms with E-state index in [9.17, 15) is 24.8 Å². The number of likely N-dealkylation sites (tertiary alicyclic amines) is 1. The van der Waals surface area contributed by atoms with Crippen LogP contribution in [-0.2, 0) is 6.42 Å². The maximum absolute atomic E-state index is 12.6. The highest BCUT2D eigenvalue weighted by Crippen LogP contribution is 2.44. The number of halogens is 1. The molecule has 4 aromatic carbocycles. The van der Waals surface area contributed by atoms with Crippen LogP contribution in [0, 0.1) is 0 Å². The molecule has 6 rings (SSSR count). The van der Waals surface area contributed by atoms with Crippen LogP contribution in [0.2, 0.25) is 0 Å². The lowest BCUT2D eigenvalue weighted by Gasteiger charge is -2.20. The Bertz CT molecular complexity index is 1650. The largest absolute Gasteiger partial charge is 0.508 e. The first-order valence-corrected chi connectivity index (χ1v) is 15.3. The van der Waals surface area contributed by atoms with Crippen molar-refractivity contribution in [1.29, 1.82) is 0 Å². The second-order valence-corrected chi connectivity index (χ2v) is 11.6. The molecule has 1 unspecified atom stereocenters. The van der Waals surface area contributed by atoms with Crippen LogP contribution in [-0.4, -0.2) is 57.7 Å². The summed E-state index contributed by atoms with van der Waals surface area (Å²) < 4.78 is 18.9. The van der Waals surface area contributed by atoms with Gasteiger partial charge in [0.25, 0.3) is 0 Å². The van der Waals surface area contributed by atoms with Crippen molar-refractivity contribution in [3.05, 3.63) is 113 Å². The number of aromatic hydroxyl groups is 2. The molecule has 1 saturated heterocycles. The Morgan fingerprint density at radius 3 is 2.39 bits per heavy atom. The van der Waals surface area contributed by atoms with E-state index in [1.165, 1.54) is 6.07 Å². The lowest BCUT2D eigenvalue weighted by Crippen LogP contribution is -2.26. The second kappa shape index (κ2) is 13.2. The van der Waals surface area contributed by atoms with Gasteiger partial charge in [0.05, 0.1) is 6.67 Å². The summed E-state index contributed by atoms with van der Waals surface area (Å²) in [5, 5.41) is 40.9. The predicted octanol–water partition coefficient (Wildman–Crippen LogP) is 6.86. The summed E-state index contributed by atoms with van der Waals surface area (Å²) in [6.07, 6.45) is 2.33. The van der Waals surface area contributed by atoms with Crippen molar-refractivity contribution in [2.45, 2.75) is 44.5 Å². The number of hydrogen-bond donors (Lipinski definition) is 4. The van der Waals surface area contributed by atoms with Crippen molar-refractivity contribution < 1.29 is 29.6 Å². The molecule has 1 aliphatic carbocycles. The van der Waals surface area contributed by atoms with Gasteiger partial charge in [-0.25, -0.2) is 0 Å². The number of allylic oxidation sites excluding steroid dienone is 1. The Balaban J connectivity index is 1.39. The number of alkyl halides is 1. The molecule has 2 aliphatic rings. The summed E-state index contributed by atoms with van der Waals surface area (Å²) in [6, 6.07) is 26.3. The fraction of sp³-hybridized carbons (Fsp3) is 0.297. The van der Waals surface area contributed by atoms with E-state index in [1.54, 1.807) is 24.3 Å². The number of hydrogen-bond acceptors (Lipinski definition) is 6. The average molecular weight is 596 g/mol. The summed E-state index contributed by atoms with van der Waals surface area (Å²) >= 11 is 0. The number of aliphatic hydroxyl groups is 2. The summed E-state index contributed by atoms with van der Waals surface area (Å²) in [6.45, 7) is 2.16. The van der Waals surface area contributed by atoms with E-state index in [1.807, 2.05) is 30.3 Å². The first-order chi connectivity index (χ1) is 21.4. The third-order valence-electron chi connectivity index (χ3n) is 8.69. The molecule has 0 radical (unpaired) electrons. The predicted molar refractivity (Wildman–Crippen MR) is 170 cm³/mol. The van der Waals surface area contributed by atoms with Crippen LogP contribution < -0.4 is 4.74 Å². The van der Waals surface area contributed by atoms with Crippen LogP contribution in [0.1, 0.15) is 59.8 Å². The minimum atomic E-state index is -1.58. The first-order valence-electron chi connectivity index (χ1n) is 15.3. The minimum absolute atomic E-state index is 0.00785. The van der Waals surface area contributed by atoms with E-state index in [4.69, 9.17) is 4.74 Å². The zero-order chi connectivity index (χ0) is 30.6. The van der Waals surface area contributed by atoms with Crippen molar-refractivity contribution >= 4 is 11.1 Å². The molecule has 1 aliphatic heterocycles. The molecular formula is C37H38FNO5. The summed E-state index contributed by atoms with van der Waals surface area (Å²) in [5.74, 6) is 0.819. The maximum atomic E-state index is 12.6. The van der Waals surface area contributed by atoms with Crippen molar-refractivity contribution in [2.75, 3.05) is 26.3 Å². The van der Waals surface area contributed by atoms with E-state index in [2.05, 4.69) is 29.2 Å². The van der Waals surface area contributed by atoms with E-state index in [-0.39, 0.29) is 24.3 Å². The van der Waals surface area contributed by atoms with E-state index < -0.39 is 6.29 Å². The molecule has 0 spiro atoms. The first kappa shape index (κ1) is 29.9. The Labute approximate surface area is 257 Å².